The Bertz CT molecular complexity index is 638. The van der Waals surface area contributed by atoms with E-state index in [9.17, 15) is 9.59 Å². The summed E-state index contributed by atoms with van der Waals surface area (Å²) in [6.07, 6.45) is 0. The summed E-state index contributed by atoms with van der Waals surface area (Å²) >= 11 is 6.15. The fourth-order valence-corrected chi connectivity index (χ4v) is 3.54. The second-order valence-corrected chi connectivity index (χ2v) is 7.14. The van der Waals surface area contributed by atoms with Crippen LogP contribution in [0, 0.1) is 6.92 Å². The fraction of sp³-hybridized carbons (Fsp3) is 0.200. The molecule has 0 saturated heterocycles. The molecule has 0 aliphatic rings. The highest BCUT2D eigenvalue weighted by Gasteiger charge is 2.11. The van der Waals surface area contributed by atoms with Gasteiger partial charge in [-0.1, -0.05) is 22.0 Å². The first kappa shape index (κ1) is 16.3. The molecule has 0 aliphatic heterocycles. The summed E-state index contributed by atoms with van der Waals surface area (Å²) in [6.45, 7) is 1.79. The van der Waals surface area contributed by atoms with E-state index in [1.54, 1.807) is 12.1 Å². The van der Waals surface area contributed by atoms with Gasteiger partial charge >= 0.3 is 5.97 Å². The number of carbonyl (C=O) groups excluding carboxylic acids is 2. The molecule has 0 amide bonds. The first-order chi connectivity index (χ1) is 10.1. The Morgan fingerprint density at radius 3 is 2.81 bits per heavy atom. The zero-order chi connectivity index (χ0) is 15.2. The van der Waals surface area contributed by atoms with Crippen LogP contribution in [0.1, 0.15) is 15.2 Å². The van der Waals surface area contributed by atoms with Gasteiger partial charge in [0.05, 0.1) is 10.6 Å². The van der Waals surface area contributed by atoms with E-state index in [2.05, 4.69) is 15.9 Å². The molecule has 2 aromatic rings. The number of thiophene rings is 1. The second-order valence-electron chi connectivity index (χ2n) is 4.26. The summed E-state index contributed by atoms with van der Waals surface area (Å²) < 4.78 is 6.01. The maximum Gasteiger partial charge on any atom is 0.316 e. The van der Waals surface area contributed by atoms with Crippen molar-refractivity contribution in [2.45, 2.75) is 11.8 Å². The minimum absolute atomic E-state index is 0.164. The van der Waals surface area contributed by atoms with Gasteiger partial charge in [0.25, 0.3) is 0 Å². The third-order valence-electron chi connectivity index (χ3n) is 2.64. The molecule has 1 aromatic carbocycles. The zero-order valence-electron chi connectivity index (χ0n) is 11.3. The summed E-state index contributed by atoms with van der Waals surface area (Å²) in [5, 5.41) is 1.82. The maximum atomic E-state index is 11.7. The molecule has 1 heterocycles. The molecule has 0 atom stereocenters. The van der Waals surface area contributed by atoms with Crippen molar-refractivity contribution in [3.63, 3.8) is 0 Å². The van der Waals surface area contributed by atoms with Crippen molar-refractivity contribution in [1.29, 1.82) is 0 Å². The normalized spacial score (nSPS) is 10.4. The topological polar surface area (TPSA) is 43.4 Å². The van der Waals surface area contributed by atoms with Crippen molar-refractivity contribution in [2.24, 2.45) is 0 Å². The number of ether oxygens (including phenoxy) is 1. The van der Waals surface area contributed by atoms with Crippen LogP contribution in [-0.4, -0.2) is 24.1 Å². The van der Waals surface area contributed by atoms with E-state index in [0.717, 1.165) is 14.9 Å². The first-order valence-electron chi connectivity index (χ1n) is 6.17. The SMILES string of the molecule is Cc1cc(Br)ccc1SCC(=O)OCC(=O)c1cccs1. The van der Waals surface area contributed by atoms with Gasteiger partial charge in [-0.2, -0.15) is 0 Å². The molecule has 1 aromatic heterocycles. The smallest absolute Gasteiger partial charge is 0.316 e. The third kappa shape index (κ3) is 4.98. The van der Waals surface area contributed by atoms with E-state index in [0.29, 0.717) is 4.88 Å². The van der Waals surface area contributed by atoms with Crippen LogP contribution < -0.4 is 0 Å². The van der Waals surface area contributed by atoms with Crippen LogP contribution in [-0.2, 0) is 9.53 Å². The summed E-state index contributed by atoms with van der Waals surface area (Å²) in [6, 6.07) is 9.40. The molecule has 110 valence electrons. The molecule has 0 aliphatic carbocycles. The molecule has 6 heteroatoms. The number of hydrogen-bond donors (Lipinski definition) is 0. The van der Waals surface area contributed by atoms with Gasteiger partial charge in [-0.15, -0.1) is 23.1 Å². The minimum atomic E-state index is -0.382. The molecule has 0 saturated carbocycles. The second kappa shape index (κ2) is 7.77. The van der Waals surface area contributed by atoms with Gasteiger partial charge in [0.15, 0.2) is 6.61 Å². The van der Waals surface area contributed by atoms with Crippen molar-refractivity contribution >= 4 is 50.8 Å². The number of hydrogen-bond acceptors (Lipinski definition) is 5. The highest BCUT2D eigenvalue weighted by Crippen LogP contribution is 2.25. The summed E-state index contributed by atoms with van der Waals surface area (Å²) in [4.78, 5) is 25.0. The van der Waals surface area contributed by atoms with Gasteiger partial charge in [0.1, 0.15) is 0 Å². The monoisotopic (exact) mass is 384 g/mol. The standard InChI is InChI=1S/C15H13BrO3S2/c1-10-7-11(16)4-5-13(10)21-9-15(18)19-8-12(17)14-3-2-6-20-14/h2-7H,8-9H2,1H3. The van der Waals surface area contributed by atoms with Crippen molar-refractivity contribution in [1.82, 2.24) is 0 Å². The van der Waals surface area contributed by atoms with Crippen LogP contribution in [0.3, 0.4) is 0 Å². The number of benzene rings is 1. The molecule has 0 N–H and O–H groups in total. The lowest BCUT2D eigenvalue weighted by Gasteiger charge is -2.06. The molecule has 0 unspecified atom stereocenters. The van der Waals surface area contributed by atoms with Gasteiger partial charge in [-0.25, -0.2) is 0 Å². The van der Waals surface area contributed by atoms with Crippen molar-refractivity contribution in [3.05, 3.63) is 50.6 Å². The predicted octanol–water partition coefficient (Wildman–Crippen LogP) is 4.34. The third-order valence-corrected chi connectivity index (χ3v) is 5.20. The molecule has 2 rings (SSSR count). The summed E-state index contributed by atoms with van der Waals surface area (Å²) in [5.74, 6) is -0.351. The van der Waals surface area contributed by atoms with Crippen molar-refractivity contribution < 1.29 is 14.3 Å². The number of esters is 1. The molecular weight excluding hydrogens is 372 g/mol. The van der Waals surface area contributed by atoms with E-state index >= 15 is 0 Å². The number of halogens is 1. The van der Waals surface area contributed by atoms with Gasteiger partial charge in [0, 0.05) is 9.37 Å². The Morgan fingerprint density at radius 1 is 1.33 bits per heavy atom. The van der Waals surface area contributed by atoms with E-state index in [4.69, 9.17) is 4.74 Å². The van der Waals surface area contributed by atoms with Gasteiger partial charge < -0.3 is 4.74 Å². The lowest BCUT2D eigenvalue weighted by Crippen LogP contribution is -2.14. The average molecular weight is 385 g/mol. The number of thioether (sulfide) groups is 1. The Balaban J connectivity index is 1.78. The number of carbonyl (C=O) groups is 2. The van der Waals surface area contributed by atoms with Gasteiger partial charge in [-0.05, 0) is 42.1 Å². The van der Waals surface area contributed by atoms with Crippen molar-refractivity contribution in [2.75, 3.05) is 12.4 Å². The Morgan fingerprint density at radius 2 is 2.14 bits per heavy atom. The van der Waals surface area contributed by atoms with Gasteiger partial charge in [0.2, 0.25) is 5.78 Å². The van der Waals surface area contributed by atoms with Crippen LogP contribution in [0.25, 0.3) is 0 Å². The maximum absolute atomic E-state index is 11.7. The number of aryl methyl sites for hydroxylation is 1. The first-order valence-corrected chi connectivity index (χ1v) is 8.83. The quantitative estimate of drug-likeness (QED) is 0.422. The Labute approximate surface area is 139 Å². The molecule has 0 fully saturated rings. The van der Waals surface area contributed by atoms with Crippen LogP contribution >= 0.6 is 39.0 Å². The van der Waals surface area contributed by atoms with E-state index in [-0.39, 0.29) is 24.1 Å². The summed E-state index contributed by atoms with van der Waals surface area (Å²) in [7, 11) is 0. The van der Waals surface area contributed by atoms with Crippen molar-refractivity contribution in [3.8, 4) is 0 Å². The average Bonchev–Trinajstić information content (AvgIpc) is 2.98. The minimum Gasteiger partial charge on any atom is -0.457 e. The van der Waals surface area contributed by atoms with E-state index < -0.39 is 0 Å². The molecule has 0 radical (unpaired) electrons. The Kier molecular flexibility index (Phi) is 6.02. The van der Waals surface area contributed by atoms with Gasteiger partial charge in [-0.3, -0.25) is 9.59 Å². The van der Waals surface area contributed by atoms with E-state index in [1.807, 2.05) is 30.5 Å². The van der Waals surface area contributed by atoms with Crippen LogP contribution in [0.15, 0.2) is 45.1 Å². The molecule has 3 nitrogen and oxygen atoms in total. The lowest BCUT2D eigenvalue weighted by atomic mass is 10.2. The lowest BCUT2D eigenvalue weighted by molar-refractivity contribution is -0.139. The number of rotatable bonds is 6. The Hall–Kier alpha value is -1.11. The molecule has 21 heavy (non-hydrogen) atoms. The van der Waals surface area contributed by atoms with E-state index in [1.165, 1.54) is 23.1 Å². The summed E-state index contributed by atoms with van der Waals surface area (Å²) in [5.41, 5.74) is 1.09. The molecule has 0 bridgehead atoms. The van der Waals surface area contributed by atoms with Crippen LogP contribution in [0.4, 0.5) is 0 Å². The van der Waals surface area contributed by atoms with Crippen LogP contribution in [0.5, 0.6) is 0 Å². The number of Topliss-reactive ketones (excluding diaryl/α,β-unsaturated/α-hetero) is 1. The molecule has 0 spiro atoms. The number of ketones is 1. The zero-order valence-corrected chi connectivity index (χ0v) is 14.5. The predicted molar refractivity (Wildman–Crippen MR) is 89.2 cm³/mol. The molecular formula is C15H13BrO3S2. The fourth-order valence-electron chi connectivity index (χ4n) is 1.61. The highest BCUT2D eigenvalue weighted by molar-refractivity contribution is 9.10. The largest absolute Gasteiger partial charge is 0.457 e. The highest BCUT2D eigenvalue weighted by atomic mass is 79.9. The van der Waals surface area contributed by atoms with Crippen LogP contribution in [0.2, 0.25) is 0 Å².